The molecule has 580 valence electrons. The van der Waals surface area contributed by atoms with Crippen molar-refractivity contribution in [2.45, 2.75) is 394 Å². The van der Waals surface area contributed by atoms with E-state index >= 15 is 0 Å². The molecule has 0 radical (unpaired) electrons. The fourth-order valence-corrected chi connectivity index (χ4v) is 13.1. The summed E-state index contributed by atoms with van der Waals surface area (Å²) in [5.41, 5.74) is 0. The highest BCUT2D eigenvalue weighted by atomic mass is 16.8. The van der Waals surface area contributed by atoms with E-state index in [9.17, 15) is 61.0 Å². The Labute approximate surface area is 603 Å². The number of amides is 1. The van der Waals surface area contributed by atoms with Crippen LogP contribution in [0.3, 0.4) is 0 Å². The lowest BCUT2D eigenvalue weighted by Crippen LogP contribution is -2.66. The maximum absolute atomic E-state index is 13.5. The number of rotatable bonds is 62. The number of unbranched alkanes of at least 4 members (excludes halogenated alkanes) is 32. The first-order valence-electron chi connectivity index (χ1n) is 39.8. The van der Waals surface area contributed by atoms with Crippen molar-refractivity contribution in [3.05, 3.63) is 85.1 Å². The second-order valence-corrected chi connectivity index (χ2v) is 28.2. The number of ether oxygens (including phenoxy) is 6. The molecule has 3 heterocycles. The van der Waals surface area contributed by atoms with Crippen LogP contribution in [0.25, 0.3) is 0 Å². The van der Waals surface area contributed by atoms with Crippen LogP contribution in [-0.4, -0.2) is 193 Å². The number of aliphatic hydroxyl groups is 11. The Bertz CT molecular complexity index is 2140. The minimum atomic E-state index is -1.98. The molecule has 0 aromatic rings. The summed E-state index contributed by atoms with van der Waals surface area (Å²) in [6, 6.07) is -0.926. The lowest BCUT2D eigenvalue weighted by atomic mass is 9.96. The molecule has 17 atom stereocenters. The zero-order chi connectivity index (χ0) is 72.5. The van der Waals surface area contributed by atoms with E-state index < -0.39 is 124 Å². The van der Waals surface area contributed by atoms with Crippen molar-refractivity contribution >= 4 is 5.91 Å². The monoisotopic (exact) mass is 1420 g/mol. The highest BCUT2D eigenvalue weighted by Gasteiger charge is 2.54. The zero-order valence-corrected chi connectivity index (χ0v) is 61.9. The first-order valence-corrected chi connectivity index (χ1v) is 39.8. The molecule has 100 heavy (non-hydrogen) atoms. The Morgan fingerprint density at radius 3 is 1.04 bits per heavy atom. The van der Waals surface area contributed by atoms with Gasteiger partial charge in [0.15, 0.2) is 18.9 Å². The smallest absolute Gasteiger partial charge is 0.220 e. The van der Waals surface area contributed by atoms with Crippen LogP contribution in [0.4, 0.5) is 0 Å². The average Bonchev–Trinajstić information content (AvgIpc) is 0.783. The molecule has 0 saturated carbocycles. The van der Waals surface area contributed by atoms with Crippen molar-refractivity contribution in [3.63, 3.8) is 0 Å². The minimum Gasteiger partial charge on any atom is -0.394 e. The molecule has 0 spiro atoms. The molecule has 12 N–H and O–H groups in total. The zero-order valence-electron chi connectivity index (χ0n) is 61.9. The molecule has 0 aliphatic carbocycles. The maximum Gasteiger partial charge on any atom is 0.220 e. The van der Waals surface area contributed by atoms with Gasteiger partial charge < -0.3 is 89.9 Å². The van der Waals surface area contributed by atoms with Gasteiger partial charge in [0.1, 0.15) is 73.2 Å². The summed E-state index contributed by atoms with van der Waals surface area (Å²) in [4.78, 5) is 13.5. The van der Waals surface area contributed by atoms with Crippen LogP contribution in [0.5, 0.6) is 0 Å². The Hall–Kier alpha value is -3.03. The van der Waals surface area contributed by atoms with Crippen LogP contribution in [0.15, 0.2) is 85.1 Å². The van der Waals surface area contributed by atoms with E-state index in [0.29, 0.717) is 25.7 Å². The molecule has 3 fully saturated rings. The summed E-state index contributed by atoms with van der Waals surface area (Å²) in [5.74, 6) is -0.300. The molecular weight excluding hydrogens is 1270 g/mol. The van der Waals surface area contributed by atoms with Crippen LogP contribution < -0.4 is 5.32 Å². The third kappa shape index (κ3) is 41.0. The number of hydrogen-bond acceptors (Lipinski definition) is 18. The highest BCUT2D eigenvalue weighted by Crippen LogP contribution is 2.33. The van der Waals surface area contributed by atoms with Crippen molar-refractivity contribution in [1.82, 2.24) is 5.32 Å². The van der Waals surface area contributed by atoms with Gasteiger partial charge in [-0.1, -0.05) is 304 Å². The number of carbonyl (C=O) groups excluding carboxylic acids is 1. The minimum absolute atomic E-state index is 0.182. The molecule has 1 amide bonds. The van der Waals surface area contributed by atoms with Crippen LogP contribution in [-0.2, 0) is 33.2 Å². The predicted molar refractivity (Wildman–Crippen MR) is 397 cm³/mol. The van der Waals surface area contributed by atoms with Gasteiger partial charge in [-0.2, -0.15) is 0 Å². The summed E-state index contributed by atoms with van der Waals surface area (Å²) in [7, 11) is 0. The molecule has 0 aromatic heterocycles. The standard InChI is InChI=1S/C81H143NO18/c1-3-5-7-9-11-13-15-17-19-21-23-25-27-28-29-30-31-32-33-34-35-37-38-40-42-44-46-48-50-52-54-56-58-65(86)64(82-69(87)59-57-55-53-51-49-47-45-43-41-39-36-26-24-22-20-18-16-14-12-10-8-6-4-2)63-95-79-75(93)72(90)77(67(61-84)97-79)100-81-76(94)73(91)78(68(62-85)98-81)99-80-74(92)71(89)70(88)66(60-83)96-80/h6,8,12,14,18,20,24,26,39,41,45,47,51,53,64-68,70-81,83-86,88-94H,3-5,7,9-11,13,15-17,19,21-23,25,27-38,40,42-44,46,48-50,52,54-63H2,1-2H3,(H,82,87)/b8-6-,14-12-,20-18-,26-24-,41-39-,47-45-,53-51-. The molecule has 19 heteroatoms. The van der Waals surface area contributed by atoms with E-state index in [-0.39, 0.29) is 18.9 Å². The molecule has 0 bridgehead atoms. The predicted octanol–water partition coefficient (Wildman–Crippen LogP) is 13.0. The highest BCUT2D eigenvalue weighted by molar-refractivity contribution is 5.76. The number of hydrogen-bond donors (Lipinski definition) is 12. The van der Waals surface area contributed by atoms with Crippen LogP contribution in [0, 0.1) is 0 Å². The lowest BCUT2D eigenvalue weighted by molar-refractivity contribution is -0.379. The third-order valence-corrected chi connectivity index (χ3v) is 19.5. The van der Waals surface area contributed by atoms with Gasteiger partial charge in [-0.15, -0.1) is 0 Å². The van der Waals surface area contributed by atoms with E-state index in [2.05, 4.69) is 98.2 Å². The fraction of sp³-hybridized carbons (Fsp3) is 0.815. The Kier molecular flexibility index (Phi) is 55.8. The van der Waals surface area contributed by atoms with Crippen LogP contribution in [0.1, 0.15) is 290 Å². The van der Waals surface area contributed by atoms with E-state index in [0.717, 1.165) is 64.2 Å². The molecule has 3 aliphatic rings. The molecule has 3 saturated heterocycles. The fourth-order valence-electron chi connectivity index (χ4n) is 13.1. The van der Waals surface area contributed by atoms with Gasteiger partial charge in [-0.05, 0) is 64.2 Å². The van der Waals surface area contributed by atoms with Crippen LogP contribution in [0.2, 0.25) is 0 Å². The first-order chi connectivity index (χ1) is 48.8. The first kappa shape index (κ1) is 91.2. The maximum atomic E-state index is 13.5. The molecule has 3 aliphatic heterocycles. The Morgan fingerprint density at radius 2 is 0.680 bits per heavy atom. The average molecular weight is 1420 g/mol. The quantitative estimate of drug-likeness (QED) is 0.0199. The van der Waals surface area contributed by atoms with Gasteiger partial charge in [0, 0.05) is 6.42 Å². The van der Waals surface area contributed by atoms with E-state index in [1.807, 2.05) is 6.08 Å². The van der Waals surface area contributed by atoms with Gasteiger partial charge in [0.2, 0.25) is 5.91 Å². The van der Waals surface area contributed by atoms with E-state index in [1.54, 1.807) is 0 Å². The van der Waals surface area contributed by atoms with Crippen molar-refractivity contribution in [2.24, 2.45) is 0 Å². The second kappa shape index (κ2) is 61.2. The van der Waals surface area contributed by atoms with Gasteiger partial charge in [0.05, 0.1) is 38.6 Å². The van der Waals surface area contributed by atoms with E-state index in [1.165, 1.54) is 180 Å². The normalized spacial score (nSPS) is 26.9. The van der Waals surface area contributed by atoms with Crippen molar-refractivity contribution in [1.29, 1.82) is 0 Å². The lowest BCUT2D eigenvalue weighted by Gasteiger charge is -2.48. The van der Waals surface area contributed by atoms with Gasteiger partial charge in [0.25, 0.3) is 0 Å². The largest absolute Gasteiger partial charge is 0.394 e. The topological polar surface area (TPSA) is 307 Å². The summed E-state index contributed by atoms with van der Waals surface area (Å²) in [5, 5.41) is 121. The summed E-state index contributed by atoms with van der Waals surface area (Å²) in [6.07, 6.45) is 54.0. The van der Waals surface area contributed by atoms with Crippen LogP contribution >= 0.6 is 0 Å². The summed E-state index contributed by atoms with van der Waals surface area (Å²) < 4.78 is 34.5. The third-order valence-electron chi connectivity index (χ3n) is 19.5. The number of nitrogens with one attached hydrogen (secondary N) is 1. The molecule has 17 unspecified atom stereocenters. The molecular formula is C81H143NO18. The molecule has 0 aromatic carbocycles. The number of allylic oxidation sites excluding steroid dienone is 14. The Morgan fingerprint density at radius 1 is 0.370 bits per heavy atom. The summed E-state index contributed by atoms with van der Waals surface area (Å²) in [6.45, 7) is 1.67. The molecule has 3 rings (SSSR count). The van der Waals surface area contributed by atoms with Crippen molar-refractivity contribution < 1.29 is 89.4 Å². The van der Waals surface area contributed by atoms with Gasteiger partial charge >= 0.3 is 0 Å². The van der Waals surface area contributed by atoms with Crippen molar-refractivity contribution in [2.75, 3.05) is 26.4 Å². The SMILES string of the molecule is CC/C=C\C/C=C\C/C=C\C/C=C\C/C=C\C/C=C\C/C=C\CCCC(=O)NC(COC1OC(CO)C(OC2OC(CO)C(OC3OC(CO)C(O)C(O)C3O)C(O)C2O)C(O)C1O)C(O)CCCCCCCCCCCCCCCCCCCCCCCCCCCCCCCCCC. The number of carbonyl (C=O) groups is 1. The van der Waals surface area contributed by atoms with Gasteiger partial charge in [-0.25, -0.2) is 0 Å². The number of aliphatic hydroxyl groups excluding tert-OH is 11. The Balaban J connectivity index is 1.38. The van der Waals surface area contributed by atoms with Crippen molar-refractivity contribution in [3.8, 4) is 0 Å². The van der Waals surface area contributed by atoms with E-state index in [4.69, 9.17) is 28.4 Å². The summed E-state index contributed by atoms with van der Waals surface area (Å²) >= 11 is 0. The van der Waals surface area contributed by atoms with Gasteiger partial charge in [-0.3, -0.25) is 4.79 Å². The second-order valence-electron chi connectivity index (χ2n) is 28.2. The molecule has 19 nitrogen and oxygen atoms in total.